The van der Waals surface area contributed by atoms with Gasteiger partial charge in [0.1, 0.15) is 0 Å². The lowest BCUT2D eigenvalue weighted by Gasteiger charge is -2.16. The molecule has 0 spiro atoms. The van der Waals surface area contributed by atoms with Crippen LogP contribution >= 0.6 is 11.3 Å². The van der Waals surface area contributed by atoms with Crippen LogP contribution < -0.4 is 5.73 Å². The van der Waals surface area contributed by atoms with Crippen LogP contribution in [0.1, 0.15) is 17.5 Å². The first-order valence-corrected chi connectivity index (χ1v) is 8.30. The maximum absolute atomic E-state index is 12.0. The number of amides is 1. The van der Waals surface area contributed by atoms with Crippen molar-refractivity contribution in [3.63, 3.8) is 0 Å². The molecule has 6 heteroatoms. The number of fused-ring (bicyclic) bond motifs is 1. The highest BCUT2D eigenvalue weighted by molar-refractivity contribution is 7.22. The highest BCUT2D eigenvalue weighted by atomic mass is 32.1. The summed E-state index contributed by atoms with van der Waals surface area (Å²) < 4.78 is 6.19. The molecule has 0 bridgehead atoms. The van der Waals surface area contributed by atoms with Gasteiger partial charge in [-0.15, -0.1) is 0 Å². The second-order valence-corrected chi connectivity index (χ2v) is 6.98. The predicted octanol–water partition coefficient (Wildman–Crippen LogP) is 2.22. The third kappa shape index (κ3) is 3.08. The first-order chi connectivity index (χ1) is 10.6. The average Bonchev–Trinajstić information content (AvgIpc) is 2.99. The van der Waals surface area contributed by atoms with Crippen LogP contribution in [0.4, 0.5) is 5.13 Å². The second kappa shape index (κ2) is 6.22. The van der Waals surface area contributed by atoms with Gasteiger partial charge >= 0.3 is 0 Å². The molecular formula is C16H21N3O2S. The molecule has 2 N–H and O–H groups in total. The number of anilines is 1. The largest absolute Gasteiger partial charge is 0.383 e. The fourth-order valence-corrected chi connectivity index (χ4v) is 4.02. The molecule has 0 unspecified atom stereocenters. The third-order valence-electron chi connectivity index (χ3n) is 4.15. The summed E-state index contributed by atoms with van der Waals surface area (Å²) in [6, 6.07) is 4.34. The van der Waals surface area contributed by atoms with E-state index < -0.39 is 0 Å². The number of ether oxygens (including phenoxy) is 1. The molecule has 22 heavy (non-hydrogen) atoms. The van der Waals surface area contributed by atoms with Crippen molar-refractivity contribution >= 4 is 32.6 Å². The molecule has 0 radical (unpaired) electrons. The van der Waals surface area contributed by atoms with E-state index in [1.54, 1.807) is 7.11 Å². The summed E-state index contributed by atoms with van der Waals surface area (Å²) >= 11 is 1.52. The number of methoxy groups -OCH3 is 1. The minimum absolute atomic E-state index is 0.238. The number of nitrogen functional groups attached to an aromatic ring is 1. The van der Waals surface area contributed by atoms with Gasteiger partial charge in [-0.1, -0.05) is 17.4 Å². The van der Waals surface area contributed by atoms with Gasteiger partial charge < -0.3 is 15.4 Å². The maximum Gasteiger partial charge on any atom is 0.223 e. The van der Waals surface area contributed by atoms with E-state index in [2.05, 4.69) is 24.0 Å². The summed E-state index contributed by atoms with van der Waals surface area (Å²) in [6.07, 6.45) is 1.55. The Morgan fingerprint density at radius 2 is 2.32 bits per heavy atom. The average molecular weight is 319 g/mol. The monoisotopic (exact) mass is 319 g/mol. The smallest absolute Gasteiger partial charge is 0.223 e. The molecule has 2 aromatic rings. The lowest BCUT2D eigenvalue weighted by Crippen LogP contribution is -2.28. The molecule has 118 valence electrons. The van der Waals surface area contributed by atoms with Crippen LogP contribution in [0.2, 0.25) is 0 Å². The van der Waals surface area contributed by atoms with Crippen molar-refractivity contribution < 1.29 is 9.53 Å². The van der Waals surface area contributed by atoms with E-state index in [9.17, 15) is 4.79 Å². The van der Waals surface area contributed by atoms with Crippen molar-refractivity contribution in [1.82, 2.24) is 9.88 Å². The number of hydrogen-bond donors (Lipinski definition) is 1. The molecular weight excluding hydrogens is 298 g/mol. The van der Waals surface area contributed by atoms with E-state index in [0.717, 1.165) is 28.7 Å². The Kier molecular flexibility index (Phi) is 4.31. The fraction of sp³-hybridized carbons (Fsp3) is 0.500. The molecule has 0 saturated carbocycles. The zero-order chi connectivity index (χ0) is 15.7. The van der Waals surface area contributed by atoms with E-state index in [-0.39, 0.29) is 5.91 Å². The Morgan fingerprint density at radius 1 is 1.50 bits per heavy atom. The minimum atomic E-state index is 0.238. The summed E-state index contributed by atoms with van der Waals surface area (Å²) in [5, 5.41) is 0.608. The number of aromatic nitrogens is 1. The van der Waals surface area contributed by atoms with Crippen LogP contribution in [0.3, 0.4) is 0 Å². The number of nitrogens with zero attached hydrogens (tertiary/aromatic N) is 2. The van der Waals surface area contributed by atoms with Gasteiger partial charge in [-0.2, -0.15) is 0 Å². The van der Waals surface area contributed by atoms with Crippen LogP contribution in [-0.4, -0.2) is 42.6 Å². The lowest BCUT2D eigenvalue weighted by atomic mass is 9.97. The molecule has 1 fully saturated rings. The van der Waals surface area contributed by atoms with Gasteiger partial charge in [0.05, 0.1) is 16.8 Å². The molecule has 2 heterocycles. The number of hydrogen-bond acceptors (Lipinski definition) is 5. The van der Waals surface area contributed by atoms with E-state index >= 15 is 0 Å². The Labute approximate surface area is 134 Å². The zero-order valence-corrected chi connectivity index (χ0v) is 13.8. The van der Waals surface area contributed by atoms with Gasteiger partial charge in [-0.25, -0.2) is 4.98 Å². The summed E-state index contributed by atoms with van der Waals surface area (Å²) in [4.78, 5) is 18.3. The van der Waals surface area contributed by atoms with Crippen molar-refractivity contribution in [2.24, 2.45) is 5.92 Å². The van der Waals surface area contributed by atoms with Crippen molar-refractivity contribution in [2.45, 2.75) is 19.8 Å². The molecule has 5 nitrogen and oxygen atoms in total. The van der Waals surface area contributed by atoms with Crippen LogP contribution in [-0.2, 0) is 16.0 Å². The van der Waals surface area contributed by atoms with Crippen LogP contribution in [0, 0.1) is 12.8 Å². The van der Waals surface area contributed by atoms with Gasteiger partial charge in [0.15, 0.2) is 5.13 Å². The molecule has 1 aromatic carbocycles. The number of nitrogens with two attached hydrogens (primary N) is 1. The van der Waals surface area contributed by atoms with Crippen molar-refractivity contribution in [3.8, 4) is 0 Å². The van der Waals surface area contributed by atoms with Crippen molar-refractivity contribution in [1.29, 1.82) is 0 Å². The van der Waals surface area contributed by atoms with Gasteiger partial charge in [0.2, 0.25) is 5.91 Å². The SMILES string of the molecule is COCCN1C[C@@H](Cc2cc(C)c3nc(N)sc3c2)CC1=O. The summed E-state index contributed by atoms with van der Waals surface area (Å²) in [5.41, 5.74) is 9.21. The Balaban J connectivity index is 1.72. The fourth-order valence-electron chi connectivity index (χ4n) is 3.15. The minimum Gasteiger partial charge on any atom is -0.383 e. The van der Waals surface area contributed by atoms with E-state index in [1.807, 2.05) is 4.90 Å². The number of carbonyl (C=O) groups excluding carboxylic acids is 1. The number of likely N-dealkylation sites (tertiary alicyclic amines) is 1. The highest BCUT2D eigenvalue weighted by Gasteiger charge is 2.29. The maximum atomic E-state index is 12.0. The highest BCUT2D eigenvalue weighted by Crippen LogP contribution is 2.30. The molecule has 1 aliphatic rings. The molecule has 1 amide bonds. The first kappa shape index (κ1) is 15.2. The number of aryl methyl sites for hydroxylation is 1. The van der Waals surface area contributed by atoms with Gasteiger partial charge in [0.25, 0.3) is 0 Å². The molecule has 3 rings (SSSR count). The molecule has 1 aliphatic heterocycles. The first-order valence-electron chi connectivity index (χ1n) is 7.49. The van der Waals surface area contributed by atoms with E-state index in [4.69, 9.17) is 10.5 Å². The Hall–Kier alpha value is -1.66. The summed E-state index contributed by atoms with van der Waals surface area (Å²) in [7, 11) is 1.66. The summed E-state index contributed by atoms with van der Waals surface area (Å²) in [5.74, 6) is 0.619. The van der Waals surface area contributed by atoms with Crippen molar-refractivity contribution in [2.75, 3.05) is 32.5 Å². The van der Waals surface area contributed by atoms with Crippen molar-refractivity contribution in [3.05, 3.63) is 23.3 Å². The normalized spacial score (nSPS) is 18.5. The molecule has 1 aromatic heterocycles. The number of benzene rings is 1. The van der Waals surface area contributed by atoms with Gasteiger partial charge in [-0.3, -0.25) is 4.79 Å². The number of rotatable bonds is 5. The number of carbonyl (C=O) groups is 1. The summed E-state index contributed by atoms with van der Waals surface area (Å²) in [6.45, 7) is 4.18. The van der Waals surface area contributed by atoms with E-state index in [0.29, 0.717) is 30.6 Å². The molecule has 1 saturated heterocycles. The lowest BCUT2D eigenvalue weighted by molar-refractivity contribution is -0.128. The zero-order valence-electron chi connectivity index (χ0n) is 13.0. The Morgan fingerprint density at radius 3 is 3.09 bits per heavy atom. The van der Waals surface area contributed by atoms with E-state index in [1.165, 1.54) is 16.9 Å². The molecule has 1 atom stereocenters. The predicted molar refractivity (Wildman–Crippen MR) is 89.0 cm³/mol. The van der Waals surface area contributed by atoms with Crippen LogP contribution in [0.5, 0.6) is 0 Å². The van der Waals surface area contributed by atoms with Gasteiger partial charge in [0, 0.05) is 26.6 Å². The topological polar surface area (TPSA) is 68.4 Å². The van der Waals surface area contributed by atoms with Crippen LogP contribution in [0.15, 0.2) is 12.1 Å². The molecule has 0 aliphatic carbocycles. The Bertz CT molecular complexity index is 698. The quantitative estimate of drug-likeness (QED) is 0.917. The number of thiazole rings is 1. The standard InChI is InChI=1S/C16H21N3O2S/c1-10-5-11(7-13-15(10)18-16(17)22-13)6-12-8-14(20)19(9-12)3-4-21-2/h5,7,12H,3-4,6,8-9H2,1-2H3,(H2,17,18)/t12-/m0/s1. The van der Waals surface area contributed by atoms with Crippen LogP contribution in [0.25, 0.3) is 10.2 Å². The second-order valence-electron chi connectivity index (χ2n) is 5.92. The van der Waals surface area contributed by atoms with Gasteiger partial charge in [-0.05, 0) is 36.5 Å². The third-order valence-corrected chi connectivity index (χ3v) is 4.98.